The number of nitrogens with one attached hydrogen (secondary N) is 1. The lowest BCUT2D eigenvalue weighted by molar-refractivity contribution is -0.126. The number of hydrogen-bond acceptors (Lipinski definition) is 5. The molecule has 2 amide bonds. The van der Waals surface area contributed by atoms with Gasteiger partial charge in [0.2, 0.25) is 5.91 Å². The van der Waals surface area contributed by atoms with Crippen LogP contribution in [0.5, 0.6) is 0 Å². The largest absolute Gasteiger partial charge is 0.361 e. The lowest BCUT2D eigenvalue weighted by Crippen LogP contribution is -2.45. The van der Waals surface area contributed by atoms with Crippen molar-refractivity contribution in [1.29, 1.82) is 0 Å². The van der Waals surface area contributed by atoms with E-state index in [4.69, 9.17) is 4.52 Å². The molecule has 1 aliphatic heterocycles. The summed E-state index contributed by atoms with van der Waals surface area (Å²) in [5, 5.41) is 6.68. The number of rotatable bonds is 4. The van der Waals surface area contributed by atoms with E-state index in [9.17, 15) is 9.59 Å². The van der Waals surface area contributed by atoms with Crippen LogP contribution in [0.2, 0.25) is 0 Å². The third kappa shape index (κ3) is 3.79. The number of nitrogens with zero attached hydrogens (tertiary/aromatic N) is 3. The van der Waals surface area contributed by atoms with Gasteiger partial charge in [0.05, 0.1) is 5.92 Å². The molecule has 126 valence electrons. The summed E-state index contributed by atoms with van der Waals surface area (Å²) < 4.78 is 4.96. The van der Waals surface area contributed by atoms with E-state index in [2.05, 4.69) is 15.5 Å². The molecule has 1 atom stereocenters. The molecule has 0 spiro atoms. The normalized spacial score (nSPS) is 17.5. The third-order valence-corrected chi connectivity index (χ3v) is 4.12. The number of pyridine rings is 1. The second-order valence-corrected chi connectivity index (χ2v) is 5.99. The minimum Gasteiger partial charge on any atom is -0.361 e. The van der Waals surface area contributed by atoms with E-state index in [0.717, 1.165) is 18.4 Å². The molecule has 1 fully saturated rings. The zero-order valence-corrected chi connectivity index (χ0v) is 13.6. The third-order valence-electron chi connectivity index (χ3n) is 4.12. The minimum absolute atomic E-state index is 0.0345. The zero-order chi connectivity index (χ0) is 16.9. The topological polar surface area (TPSA) is 88.3 Å². The monoisotopic (exact) mass is 328 g/mol. The summed E-state index contributed by atoms with van der Waals surface area (Å²) in [5.41, 5.74) is 1.25. The fraction of sp³-hybridized carbons (Fsp3) is 0.412. The average Bonchev–Trinajstić information content (AvgIpc) is 3.06. The molecule has 0 aliphatic carbocycles. The number of carbonyl (C=O) groups excluding carboxylic acids is 2. The van der Waals surface area contributed by atoms with Crippen LogP contribution in [0, 0.1) is 12.8 Å². The van der Waals surface area contributed by atoms with Crippen LogP contribution in [-0.2, 0) is 11.3 Å². The molecule has 2 aromatic heterocycles. The van der Waals surface area contributed by atoms with E-state index >= 15 is 0 Å². The molecular weight excluding hydrogens is 308 g/mol. The van der Waals surface area contributed by atoms with Crippen LogP contribution < -0.4 is 5.32 Å². The van der Waals surface area contributed by atoms with Gasteiger partial charge in [0, 0.05) is 38.1 Å². The highest BCUT2D eigenvalue weighted by Gasteiger charge is 2.29. The maximum Gasteiger partial charge on any atom is 0.276 e. The first-order valence-electron chi connectivity index (χ1n) is 8.02. The summed E-state index contributed by atoms with van der Waals surface area (Å²) >= 11 is 0. The van der Waals surface area contributed by atoms with Crippen molar-refractivity contribution >= 4 is 11.8 Å². The predicted molar refractivity (Wildman–Crippen MR) is 86.0 cm³/mol. The fourth-order valence-corrected chi connectivity index (χ4v) is 2.84. The molecule has 7 heteroatoms. The molecule has 24 heavy (non-hydrogen) atoms. The predicted octanol–water partition coefficient (Wildman–Crippen LogP) is 1.55. The van der Waals surface area contributed by atoms with Crippen molar-refractivity contribution in [2.24, 2.45) is 5.92 Å². The zero-order valence-electron chi connectivity index (χ0n) is 13.6. The van der Waals surface area contributed by atoms with E-state index in [0.29, 0.717) is 31.1 Å². The molecular formula is C17H20N4O3. The van der Waals surface area contributed by atoms with Crippen molar-refractivity contribution in [3.8, 4) is 0 Å². The van der Waals surface area contributed by atoms with Crippen LogP contribution in [0.3, 0.4) is 0 Å². The molecule has 2 aromatic rings. The number of amides is 2. The summed E-state index contributed by atoms with van der Waals surface area (Å²) in [6.45, 7) is 3.23. The Kier molecular flexibility index (Phi) is 4.88. The number of aryl methyl sites for hydroxylation is 1. The lowest BCUT2D eigenvalue weighted by atomic mass is 9.96. The highest BCUT2D eigenvalue weighted by molar-refractivity contribution is 5.92. The molecule has 3 rings (SSSR count). The molecule has 0 saturated carbocycles. The van der Waals surface area contributed by atoms with E-state index < -0.39 is 0 Å². The second-order valence-electron chi connectivity index (χ2n) is 5.99. The summed E-state index contributed by atoms with van der Waals surface area (Å²) in [5.74, 6) is 0.179. The van der Waals surface area contributed by atoms with Gasteiger partial charge in [-0.25, -0.2) is 0 Å². The van der Waals surface area contributed by atoms with Crippen molar-refractivity contribution in [2.75, 3.05) is 13.1 Å². The number of piperidine rings is 1. The Labute approximate surface area is 140 Å². The molecule has 0 aromatic carbocycles. The van der Waals surface area contributed by atoms with Gasteiger partial charge < -0.3 is 14.7 Å². The maximum absolute atomic E-state index is 12.4. The van der Waals surface area contributed by atoms with Gasteiger partial charge in [0.1, 0.15) is 5.76 Å². The Morgan fingerprint density at radius 2 is 2.33 bits per heavy atom. The number of hydrogen-bond donors (Lipinski definition) is 1. The van der Waals surface area contributed by atoms with Gasteiger partial charge in [-0.3, -0.25) is 14.6 Å². The van der Waals surface area contributed by atoms with Gasteiger partial charge in [-0.05, 0) is 31.4 Å². The van der Waals surface area contributed by atoms with E-state index in [-0.39, 0.29) is 17.7 Å². The summed E-state index contributed by atoms with van der Waals surface area (Å²) in [7, 11) is 0. The molecule has 3 heterocycles. The quantitative estimate of drug-likeness (QED) is 0.920. The smallest absolute Gasteiger partial charge is 0.276 e. The van der Waals surface area contributed by atoms with Crippen LogP contribution in [0.4, 0.5) is 0 Å². The van der Waals surface area contributed by atoms with E-state index in [1.54, 1.807) is 30.3 Å². The number of carbonyl (C=O) groups is 2. The van der Waals surface area contributed by atoms with Crippen LogP contribution in [0.15, 0.2) is 35.1 Å². The van der Waals surface area contributed by atoms with Gasteiger partial charge in [0.25, 0.3) is 5.91 Å². The Hall–Kier alpha value is -2.70. The molecule has 1 unspecified atom stereocenters. The molecule has 1 aliphatic rings. The van der Waals surface area contributed by atoms with Gasteiger partial charge in [-0.1, -0.05) is 11.2 Å². The standard InChI is InChI=1S/C17H20N4O3/c1-12-8-15(20-24-12)17(23)21-7-3-5-14(11-21)16(22)19-10-13-4-2-6-18-9-13/h2,4,6,8-9,14H,3,5,7,10-11H2,1H3,(H,19,22). The molecule has 1 N–H and O–H groups in total. The first-order chi connectivity index (χ1) is 11.6. The van der Waals surface area contributed by atoms with Crippen molar-refractivity contribution in [2.45, 2.75) is 26.3 Å². The van der Waals surface area contributed by atoms with Crippen LogP contribution >= 0.6 is 0 Å². The minimum atomic E-state index is -0.202. The highest BCUT2D eigenvalue weighted by Crippen LogP contribution is 2.19. The molecule has 0 radical (unpaired) electrons. The van der Waals surface area contributed by atoms with Crippen LogP contribution in [0.25, 0.3) is 0 Å². The summed E-state index contributed by atoms with van der Waals surface area (Å²) in [6.07, 6.45) is 5.00. The van der Waals surface area contributed by atoms with Gasteiger partial charge in [0.15, 0.2) is 5.69 Å². The van der Waals surface area contributed by atoms with Crippen molar-refractivity contribution in [1.82, 2.24) is 20.4 Å². The molecule has 0 bridgehead atoms. The summed E-state index contributed by atoms with van der Waals surface area (Å²) in [4.78, 5) is 30.5. The van der Waals surface area contributed by atoms with Crippen molar-refractivity contribution in [3.05, 3.63) is 47.6 Å². The average molecular weight is 328 g/mol. The number of likely N-dealkylation sites (tertiary alicyclic amines) is 1. The van der Waals surface area contributed by atoms with Gasteiger partial charge >= 0.3 is 0 Å². The Morgan fingerprint density at radius 1 is 1.46 bits per heavy atom. The molecule has 1 saturated heterocycles. The van der Waals surface area contributed by atoms with Crippen molar-refractivity contribution < 1.29 is 14.1 Å². The van der Waals surface area contributed by atoms with Gasteiger partial charge in [-0.2, -0.15) is 0 Å². The summed E-state index contributed by atoms with van der Waals surface area (Å²) in [6, 6.07) is 5.37. The van der Waals surface area contributed by atoms with Crippen LogP contribution in [0.1, 0.15) is 34.7 Å². The lowest BCUT2D eigenvalue weighted by Gasteiger charge is -2.31. The molecule has 7 nitrogen and oxygen atoms in total. The van der Waals surface area contributed by atoms with Gasteiger partial charge in [-0.15, -0.1) is 0 Å². The van der Waals surface area contributed by atoms with Crippen LogP contribution in [-0.4, -0.2) is 39.9 Å². The Bertz CT molecular complexity index is 714. The second kappa shape index (κ2) is 7.25. The number of aromatic nitrogens is 2. The highest BCUT2D eigenvalue weighted by atomic mass is 16.5. The van der Waals surface area contributed by atoms with Crippen molar-refractivity contribution in [3.63, 3.8) is 0 Å². The fourth-order valence-electron chi connectivity index (χ4n) is 2.84. The maximum atomic E-state index is 12.4. The first kappa shape index (κ1) is 16.2. The van der Waals surface area contributed by atoms with E-state index in [1.807, 2.05) is 12.1 Å². The SMILES string of the molecule is Cc1cc(C(=O)N2CCCC(C(=O)NCc3cccnc3)C2)no1. The van der Waals surface area contributed by atoms with E-state index in [1.165, 1.54) is 0 Å². The Balaban J connectivity index is 1.56. The Morgan fingerprint density at radius 3 is 3.04 bits per heavy atom. The first-order valence-corrected chi connectivity index (χ1v) is 8.02.